The van der Waals surface area contributed by atoms with Gasteiger partial charge in [-0.2, -0.15) is 0 Å². The van der Waals surface area contributed by atoms with E-state index in [0.717, 1.165) is 6.41 Å². The number of nitrogens with zero attached hydrogens (tertiary/aromatic N) is 2. The molecule has 1 aromatic rings. The number of nitrogens with two attached hydrogens (primary N) is 1. The van der Waals surface area contributed by atoms with E-state index in [4.69, 9.17) is 10.5 Å². The first kappa shape index (κ1) is 13.2. The number of nitrogen functional groups attached to an aromatic ring is 1. The molecule has 0 saturated carbocycles. The molecule has 0 bridgehead atoms. The van der Waals surface area contributed by atoms with Crippen molar-refractivity contribution in [3.8, 4) is 5.75 Å². The van der Waals surface area contributed by atoms with Gasteiger partial charge in [0.2, 0.25) is 6.41 Å². The van der Waals surface area contributed by atoms with Crippen LogP contribution in [0.4, 0.5) is 5.69 Å². The van der Waals surface area contributed by atoms with E-state index >= 15 is 0 Å². The number of anilines is 1. The lowest BCUT2D eigenvalue weighted by Crippen LogP contribution is -2.49. The van der Waals surface area contributed by atoms with Crippen LogP contribution in [0.2, 0.25) is 0 Å². The second kappa shape index (κ2) is 6.08. The van der Waals surface area contributed by atoms with Crippen molar-refractivity contribution in [2.24, 2.45) is 0 Å². The molecule has 0 aliphatic carbocycles. The van der Waals surface area contributed by atoms with Gasteiger partial charge in [0.05, 0.1) is 0 Å². The van der Waals surface area contributed by atoms with Gasteiger partial charge in [-0.1, -0.05) is 6.07 Å². The molecule has 0 atom stereocenters. The van der Waals surface area contributed by atoms with Gasteiger partial charge in [-0.15, -0.1) is 0 Å². The van der Waals surface area contributed by atoms with E-state index in [9.17, 15) is 9.59 Å². The van der Waals surface area contributed by atoms with Crippen LogP contribution in [-0.4, -0.2) is 54.9 Å². The van der Waals surface area contributed by atoms with Crippen molar-refractivity contribution < 1.29 is 14.3 Å². The Morgan fingerprint density at radius 2 is 2.05 bits per heavy atom. The van der Waals surface area contributed by atoms with Crippen molar-refractivity contribution in [3.05, 3.63) is 24.3 Å². The molecule has 0 radical (unpaired) electrons. The molecule has 6 nitrogen and oxygen atoms in total. The summed E-state index contributed by atoms with van der Waals surface area (Å²) in [5, 5.41) is 0. The van der Waals surface area contributed by atoms with Crippen LogP contribution in [-0.2, 0) is 9.59 Å². The summed E-state index contributed by atoms with van der Waals surface area (Å²) in [5.74, 6) is 0.507. The molecule has 0 unspecified atom stereocenters. The first-order chi connectivity index (χ1) is 9.19. The lowest BCUT2D eigenvalue weighted by molar-refractivity contribution is -0.137. The topological polar surface area (TPSA) is 75.9 Å². The zero-order valence-electron chi connectivity index (χ0n) is 10.6. The lowest BCUT2D eigenvalue weighted by Gasteiger charge is -2.32. The number of rotatable bonds is 4. The molecule has 2 rings (SSSR count). The van der Waals surface area contributed by atoms with Gasteiger partial charge < -0.3 is 20.3 Å². The normalized spacial score (nSPS) is 15.2. The maximum absolute atomic E-state index is 11.9. The molecule has 102 valence electrons. The molecule has 1 aliphatic heterocycles. The summed E-state index contributed by atoms with van der Waals surface area (Å²) >= 11 is 0. The predicted molar refractivity (Wildman–Crippen MR) is 70.6 cm³/mol. The monoisotopic (exact) mass is 263 g/mol. The van der Waals surface area contributed by atoms with Gasteiger partial charge in [0, 0.05) is 37.9 Å². The molecule has 0 spiro atoms. The number of amides is 2. The second-order valence-electron chi connectivity index (χ2n) is 4.38. The Kier molecular flexibility index (Phi) is 4.22. The van der Waals surface area contributed by atoms with E-state index in [1.54, 1.807) is 34.1 Å². The van der Waals surface area contributed by atoms with Crippen molar-refractivity contribution in [1.82, 2.24) is 9.80 Å². The van der Waals surface area contributed by atoms with Crippen LogP contribution in [0.3, 0.4) is 0 Å². The van der Waals surface area contributed by atoms with Gasteiger partial charge in [0.1, 0.15) is 5.75 Å². The molecular weight excluding hydrogens is 246 g/mol. The SMILES string of the molecule is Nc1cccc(OCC(=O)N2CCN(C=O)CC2)c1. The van der Waals surface area contributed by atoms with Crippen LogP contribution in [0.1, 0.15) is 0 Å². The quantitative estimate of drug-likeness (QED) is 0.610. The van der Waals surface area contributed by atoms with E-state index in [1.165, 1.54) is 0 Å². The third kappa shape index (κ3) is 3.61. The fourth-order valence-corrected chi connectivity index (χ4v) is 1.92. The Balaban J connectivity index is 1.80. The predicted octanol–water partition coefficient (Wildman–Crippen LogP) is -0.0518. The van der Waals surface area contributed by atoms with Crippen molar-refractivity contribution in [3.63, 3.8) is 0 Å². The largest absolute Gasteiger partial charge is 0.484 e. The van der Waals surface area contributed by atoms with Crippen LogP contribution >= 0.6 is 0 Å². The molecule has 19 heavy (non-hydrogen) atoms. The highest BCUT2D eigenvalue weighted by Crippen LogP contribution is 2.14. The molecule has 1 saturated heterocycles. The van der Waals surface area contributed by atoms with E-state index in [2.05, 4.69) is 0 Å². The van der Waals surface area contributed by atoms with Gasteiger partial charge >= 0.3 is 0 Å². The third-order valence-electron chi connectivity index (χ3n) is 3.04. The highest BCUT2D eigenvalue weighted by atomic mass is 16.5. The summed E-state index contributed by atoms with van der Waals surface area (Å²) in [6.45, 7) is 2.25. The van der Waals surface area contributed by atoms with Crippen molar-refractivity contribution >= 4 is 18.0 Å². The van der Waals surface area contributed by atoms with E-state index < -0.39 is 0 Å². The first-order valence-corrected chi connectivity index (χ1v) is 6.14. The average molecular weight is 263 g/mol. The number of hydrogen-bond donors (Lipinski definition) is 1. The summed E-state index contributed by atoms with van der Waals surface area (Å²) in [6.07, 6.45) is 0.811. The van der Waals surface area contributed by atoms with Gasteiger partial charge in [-0.25, -0.2) is 0 Å². The van der Waals surface area contributed by atoms with E-state index in [-0.39, 0.29) is 12.5 Å². The number of carbonyl (C=O) groups excluding carboxylic acids is 2. The number of piperazine rings is 1. The number of carbonyl (C=O) groups is 2. The minimum absolute atomic E-state index is 0.00938. The summed E-state index contributed by atoms with van der Waals surface area (Å²) in [4.78, 5) is 25.8. The van der Waals surface area contributed by atoms with Crippen LogP contribution in [0.5, 0.6) is 5.75 Å². The second-order valence-corrected chi connectivity index (χ2v) is 4.38. The Labute approximate surface area is 111 Å². The Bertz CT molecular complexity index is 456. The molecule has 2 amide bonds. The van der Waals surface area contributed by atoms with E-state index in [0.29, 0.717) is 37.6 Å². The maximum atomic E-state index is 11.9. The zero-order valence-corrected chi connectivity index (χ0v) is 10.6. The van der Waals surface area contributed by atoms with Crippen molar-refractivity contribution in [2.75, 3.05) is 38.5 Å². The van der Waals surface area contributed by atoms with Gasteiger partial charge in [-0.3, -0.25) is 9.59 Å². The summed E-state index contributed by atoms with van der Waals surface area (Å²) in [6, 6.07) is 6.97. The molecule has 0 aromatic heterocycles. The number of benzene rings is 1. The molecule has 1 fully saturated rings. The van der Waals surface area contributed by atoms with Crippen molar-refractivity contribution in [1.29, 1.82) is 0 Å². The van der Waals surface area contributed by atoms with Crippen molar-refractivity contribution in [2.45, 2.75) is 0 Å². The molecule has 1 aromatic carbocycles. The van der Waals surface area contributed by atoms with Crippen LogP contribution < -0.4 is 10.5 Å². The fraction of sp³-hybridized carbons (Fsp3) is 0.385. The molecular formula is C13H17N3O3. The summed E-state index contributed by atoms with van der Waals surface area (Å²) < 4.78 is 5.40. The molecule has 1 heterocycles. The summed E-state index contributed by atoms with van der Waals surface area (Å²) in [7, 11) is 0. The highest BCUT2D eigenvalue weighted by Gasteiger charge is 2.20. The van der Waals surface area contributed by atoms with E-state index in [1.807, 2.05) is 0 Å². The fourth-order valence-electron chi connectivity index (χ4n) is 1.92. The first-order valence-electron chi connectivity index (χ1n) is 6.14. The highest BCUT2D eigenvalue weighted by molar-refractivity contribution is 5.78. The standard InChI is InChI=1S/C13H17N3O3/c14-11-2-1-3-12(8-11)19-9-13(18)16-6-4-15(10-17)5-7-16/h1-3,8,10H,4-7,9,14H2. The van der Waals surface area contributed by atoms with Gasteiger partial charge in [0.15, 0.2) is 6.61 Å². The number of ether oxygens (including phenoxy) is 1. The molecule has 2 N–H and O–H groups in total. The Hall–Kier alpha value is -2.24. The Morgan fingerprint density at radius 1 is 1.32 bits per heavy atom. The van der Waals surface area contributed by atoms with Crippen LogP contribution in [0, 0.1) is 0 Å². The Morgan fingerprint density at radius 3 is 2.68 bits per heavy atom. The molecule has 6 heteroatoms. The maximum Gasteiger partial charge on any atom is 0.260 e. The average Bonchev–Trinajstić information content (AvgIpc) is 2.45. The van der Waals surface area contributed by atoms with Gasteiger partial charge in [-0.05, 0) is 12.1 Å². The molecule has 1 aliphatic rings. The van der Waals surface area contributed by atoms with Gasteiger partial charge in [0.25, 0.3) is 5.91 Å². The minimum atomic E-state index is -0.0760. The van der Waals surface area contributed by atoms with Crippen LogP contribution in [0.15, 0.2) is 24.3 Å². The zero-order chi connectivity index (χ0) is 13.7. The third-order valence-corrected chi connectivity index (χ3v) is 3.04. The number of hydrogen-bond acceptors (Lipinski definition) is 4. The lowest BCUT2D eigenvalue weighted by atomic mass is 10.3. The summed E-state index contributed by atoms with van der Waals surface area (Å²) in [5.41, 5.74) is 6.23. The smallest absolute Gasteiger partial charge is 0.260 e. The minimum Gasteiger partial charge on any atom is -0.484 e. The van der Waals surface area contributed by atoms with Crippen LogP contribution in [0.25, 0.3) is 0 Å².